The highest BCUT2D eigenvalue weighted by Gasteiger charge is 2.01. The molecule has 0 radical (unpaired) electrons. The molecule has 1 atom stereocenters. The number of pyridine rings is 1. The van der Waals surface area contributed by atoms with E-state index in [-0.39, 0.29) is 5.56 Å². The smallest absolute Gasteiger partial charge is 0.250 e. The molecule has 2 nitrogen and oxygen atoms in total. The lowest BCUT2D eigenvalue weighted by Gasteiger charge is -2.10. The molecule has 0 saturated carbocycles. The third-order valence-electron chi connectivity index (χ3n) is 2.36. The van der Waals surface area contributed by atoms with E-state index in [1.54, 1.807) is 10.6 Å². The average molecular weight is 179 g/mol. The summed E-state index contributed by atoms with van der Waals surface area (Å²) in [4.78, 5) is 11.5. The average Bonchev–Trinajstić information content (AvgIpc) is 2.09. The summed E-state index contributed by atoms with van der Waals surface area (Å²) in [7, 11) is 0. The Hall–Kier alpha value is -1.05. The molecule has 0 saturated heterocycles. The van der Waals surface area contributed by atoms with Crippen LogP contribution in [0.1, 0.15) is 25.8 Å². The maximum atomic E-state index is 11.5. The Morgan fingerprint density at radius 2 is 2.23 bits per heavy atom. The molecule has 0 aromatic carbocycles. The van der Waals surface area contributed by atoms with Crippen molar-refractivity contribution in [2.75, 3.05) is 0 Å². The molecular formula is C11H17NO. The fourth-order valence-electron chi connectivity index (χ4n) is 1.22. The molecule has 0 N–H and O–H groups in total. The minimum atomic E-state index is 0.111. The van der Waals surface area contributed by atoms with Crippen molar-refractivity contribution in [3.63, 3.8) is 0 Å². The van der Waals surface area contributed by atoms with E-state index in [0.717, 1.165) is 18.5 Å². The largest absolute Gasteiger partial charge is 0.315 e. The van der Waals surface area contributed by atoms with E-state index >= 15 is 0 Å². The molecule has 1 rings (SSSR count). The first-order valence-electron chi connectivity index (χ1n) is 4.80. The van der Waals surface area contributed by atoms with E-state index < -0.39 is 0 Å². The molecule has 72 valence electrons. The predicted molar refractivity (Wildman–Crippen MR) is 54.9 cm³/mol. The first kappa shape index (κ1) is 10.0. The van der Waals surface area contributed by atoms with E-state index in [2.05, 4.69) is 13.8 Å². The van der Waals surface area contributed by atoms with Crippen molar-refractivity contribution >= 4 is 0 Å². The number of aryl methyl sites for hydroxylation is 1. The van der Waals surface area contributed by atoms with Gasteiger partial charge in [-0.15, -0.1) is 0 Å². The molecule has 1 aromatic rings. The lowest BCUT2D eigenvalue weighted by Crippen LogP contribution is -2.21. The van der Waals surface area contributed by atoms with Gasteiger partial charge in [-0.05, 0) is 24.5 Å². The molecule has 0 aliphatic heterocycles. The quantitative estimate of drug-likeness (QED) is 0.697. The Kier molecular flexibility index (Phi) is 3.29. The molecule has 0 spiro atoms. The second kappa shape index (κ2) is 4.26. The van der Waals surface area contributed by atoms with E-state index in [4.69, 9.17) is 0 Å². The number of nitrogens with zero attached hydrogens (tertiary/aromatic N) is 1. The Bertz CT molecular complexity index is 327. The number of hydrogen-bond donors (Lipinski definition) is 0. The van der Waals surface area contributed by atoms with E-state index in [0.29, 0.717) is 5.92 Å². The molecule has 0 aliphatic carbocycles. The molecule has 0 amide bonds. The summed E-state index contributed by atoms with van der Waals surface area (Å²) >= 11 is 0. The van der Waals surface area contributed by atoms with Crippen molar-refractivity contribution in [3.05, 3.63) is 34.2 Å². The van der Waals surface area contributed by atoms with Gasteiger partial charge in [0.1, 0.15) is 0 Å². The van der Waals surface area contributed by atoms with Gasteiger partial charge in [-0.1, -0.05) is 20.3 Å². The predicted octanol–water partition coefficient (Wildman–Crippen LogP) is 2.20. The minimum Gasteiger partial charge on any atom is -0.315 e. The van der Waals surface area contributed by atoms with Crippen LogP contribution in [-0.4, -0.2) is 4.57 Å². The van der Waals surface area contributed by atoms with E-state index in [1.807, 2.05) is 19.2 Å². The first-order chi connectivity index (χ1) is 6.13. The summed E-state index contributed by atoms with van der Waals surface area (Å²) in [5.41, 5.74) is 1.14. The van der Waals surface area contributed by atoms with Gasteiger partial charge in [-0.2, -0.15) is 0 Å². The summed E-state index contributed by atoms with van der Waals surface area (Å²) in [6, 6.07) is 3.66. The van der Waals surface area contributed by atoms with Crippen LogP contribution in [0.5, 0.6) is 0 Å². The third-order valence-corrected chi connectivity index (χ3v) is 2.36. The molecule has 0 aliphatic rings. The lowest BCUT2D eigenvalue weighted by molar-refractivity contribution is 0.459. The molecule has 0 fully saturated rings. The monoisotopic (exact) mass is 179 g/mol. The number of rotatable bonds is 3. The van der Waals surface area contributed by atoms with Crippen LogP contribution in [0.15, 0.2) is 23.1 Å². The Balaban J connectivity index is 2.84. The highest BCUT2D eigenvalue weighted by molar-refractivity contribution is 5.07. The second-order valence-corrected chi connectivity index (χ2v) is 3.71. The number of aromatic nitrogens is 1. The minimum absolute atomic E-state index is 0.111. The Morgan fingerprint density at radius 1 is 1.54 bits per heavy atom. The zero-order chi connectivity index (χ0) is 9.84. The molecule has 0 unspecified atom stereocenters. The van der Waals surface area contributed by atoms with Crippen LogP contribution in [-0.2, 0) is 6.54 Å². The van der Waals surface area contributed by atoms with Gasteiger partial charge >= 0.3 is 0 Å². The van der Waals surface area contributed by atoms with Gasteiger partial charge in [-0.3, -0.25) is 4.79 Å². The van der Waals surface area contributed by atoms with Crippen LogP contribution in [0.3, 0.4) is 0 Å². The summed E-state index contributed by atoms with van der Waals surface area (Å²) in [5, 5.41) is 0. The van der Waals surface area contributed by atoms with Crippen molar-refractivity contribution in [2.24, 2.45) is 5.92 Å². The first-order valence-corrected chi connectivity index (χ1v) is 4.80. The van der Waals surface area contributed by atoms with Crippen molar-refractivity contribution in [3.8, 4) is 0 Å². The maximum Gasteiger partial charge on any atom is 0.250 e. The van der Waals surface area contributed by atoms with Crippen molar-refractivity contribution in [1.82, 2.24) is 4.57 Å². The van der Waals surface area contributed by atoms with Crippen LogP contribution >= 0.6 is 0 Å². The molecule has 2 heteroatoms. The zero-order valence-electron chi connectivity index (χ0n) is 8.58. The summed E-state index contributed by atoms with van der Waals surface area (Å²) in [6.45, 7) is 7.07. The van der Waals surface area contributed by atoms with E-state index in [9.17, 15) is 4.79 Å². The standard InChI is InChI=1S/C11H17NO/c1-4-9(2)8-12-6-5-10(3)7-11(12)13/h5-7,9H,4,8H2,1-3H3/t9-/m1/s1. The van der Waals surface area contributed by atoms with Gasteiger partial charge in [0.05, 0.1) is 0 Å². The molecule has 1 heterocycles. The van der Waals surface area contributed by atoms with Crippen LogP contribution in [0.4, 0.5) is 0 Å². The summed E-state index contributed by atoms with van der Waals surface area (Å²) in [6.07, 6.45) is 2.99. The van der Waals surface area contributed by atoms with Crippen LogP contribution in [0.25, 0.3) is 0 Å². The third kappa shape index (κ3) is 2.72. The number of hydrogen-bond acceptors (Lipinski definition) is 1. The zero-order valence-corrected chi connectivity index (χ0v) is 8.58. The molecule has 0 bridgehead atoms. The van der Waals surface area contributed by atoms with Crippen LogP contribution in [0, 0.1) is 12.8 Å². The highest BCUT2D eigenvalue weighted by Crippen LogP contribution is 2.03. The lowest BCUT2D eigenvalue weighted by atomic mass is 10.1. The summed E-state index contributed by atoms with van der Waals surface area (Å²) < 4.78 is 1.78. The van der Waals surface area contributed by atoms with Crippen molar-refractivity contribution in [1.29, 1.82) is 0 Å². The van der Waals surface area contributed by atoms with Gasteiger partial charge in [0.2, 0.25) is 0 Å². The van der Waals surface area contributed by atoms with Crippen LogP contribution in [0.2, 0.25) is 0 Å². The summed E-state index contributed by atoms with van der Waals surface area (Å²) in [5.74, 6) is 0.570. The fourth-order valence-corrected chi connectivity index (χ4v) is 1.22. The second-order valence-electron chi connectivity index (χ2n) is 3.71. The van der Waals surface area contributed by atoms with Gasteiger partial charge in [0.25, 0.3) is 5.56 Å². The maximum absolute atomic E-state index is 11.5. The highest BCUT2D eigenvalue weighted by atomic mass is 16.1. The van der Waals surface area contributed by atoms with Gasteiger partial charge in [-0.25, -0.2) is 0 Å². The SMILES string of the molecule is CC[C@@H](C)Cn1ccc(C)cc1=O. The Morgan fingerprint density at radius 3 is 2.77 bits per heavy atom. The molecule has 13 heavy (non-hydrogen) atoms. The topological polar surface area (TPSA) is 22.0 Å². The molecule has 1 aromatic heterocycles. The molecular weight excluding hydrogens is 162 g/mol. The van der Waals surface area contributed by atoms with Crippen molar-refractivity contribution in [2.45, 2.75) is 33.7 Å². The normalized spacial score (nSPS) is 12.8. The Labute approximate surface area is 79.2 Å². The fraction of sp³-hybridized carbons (Fsp3) is 0.545. The van der Waals surface area contributed by atoms with Gasteiger partial charge in [0, 0.05) is 18.8 Å². The van der Waals surface area contributed by atoms with Crippen molar-refractivity contribution < 1.29 is 0 Å². The van der Waals surface area contributed by atoms with E-state index in [1.165, 1.54) is 0 Å². The van der Waals surface area contributed by atoms with Gasteiger partial charge < -0.3 is 4.57 Å². The van der Waals surface area contributed by atoms with Gasteiger partial charge in [0.15, 0.2) is 0 Å². The van der Waals surface area contributed by atoms with Crippen LogP contribution < -0.4 is 5.56 Å².